The molecule has 4 heteroatoms. The zero-order chi connectivity index (χ0) is 15.7. The highest BCUT2D eigenvalue weighted by Gasteiger charge is 2.08. The fourth-order valence-electron chi connectivity index (χ4n) is 2.48. The lowest BCUT2D eigenvalue weighted by Gasteiger charge is -2.09. The molecule has 3 aromatic rings. The van der Waals surface area contributed by atoms with Gasteiger partial charge in [0.25, 0.3) is 0 Å². The molecule has 0 saturated carbocycles. The Morgan fingerprint density at radius 2 is 1.91 bits per heavy atom. The van der Waals surface area contributed by atoms with Crippen LogP contribution in [0.15, 0.2) is 48.7 Å². The summed E-state index contributed by atoms with van der Waals surface area (Å²) in [6.45, 7) is 4.24. The molecule has 0 radical (unpaired) electrons. The third-order valence-corrected chi connectivity index (χ3v) is 3.84. The van der Waals surface area contributed by atoms with E-state index in [0.717, 1.165) is 22.2 Å². The molecule has 1 amide bonds. The molecule has 112 valence electrons. The smallest absolute Gasteiger partial charge is 0.244 e. The minimum atomic E-state index is -0.273. The third kappa shape index (κ3) is 2.86. The van der Waals surface area contributed by atoms with Crippen LogP contribution in [-0.4, -0.2) is 10.5 Å². The first-order valence-corrected chi connectivity index (χ1v) is 7.14. The van der Waals surface area contributed by atoms with Crippen molar-refractivity contribution in [3.05, 3.63) is 65.6 Å². The fraction of sp³-hybridized carbons (Fsp3) is 0.167. The Kier molecular flexibility index (Phi) is 3.67. The van der Waals surface area contributed by atoms with Gasteiger partial charge in [0.2, 0.25) is 5.91 Å². The highest BCUT2D eigenvalue weighted by atomic mass is 19.1. The largest absolute Gasteiger partial charge is 0.338 e. The van der Waals surface area contributed by atoms with Gasteiger partial charge in [0, 0.05) is 22.8 Å². The fourth-order valence-corrected chi connectivity index (χ4v) is 2.48. The van der Waals surface area contributed by atoms with Crippen molar-refractivity contribution in [2.45, 2.75) is 20.4 Å². The van der Waals surface area contributed by atoms with Gasteiger partial charge in [-0.3, -0.25) is 4.79 Å². The summed E-state index contributed by atoms with van der Waals surface area (Å²) in [5.74, 6) is -0.380. The molecule has 3 rings (SSSR count). The van der Waals surface area contributed by atoms with Crippen LogP contribution in [0.3, 0.4) is 0 Å². The van der Waals surface area contributed by atoms with Crippen LogP contribution in [0.1, 0.15) is 11.1 Å². The second kappa shape index (κ2) is 5.64. The molecule has 0 spiro atoms. The van der Waals surface area contributed by atoms with Crippen LogP contribution in [-0.2, 0) is 11.3 Å². The number of nitrogens with zero attached hydrogens (tertiary/aromatic N) is 1. The Bertz CT molecular complexity index is 851. The molecule has 2 aromatic carbocycles. The first-order chi connectivity index (χ1) is 10.5. The normalized spacial score (nSPS) is 10.9. The van der Waals surface area contributed by atoms with Gasteiger partial charge in [-0.25, -0.2) is 4.39 Å². The molecule has 1 aromatic heterocycles. The quantitative estimate of drug-likeness (QED) is 0.777. The van der Waals surface area contributed by atoms with Gasteiger partial charge in [0.15, 0.2) is 0 Å². The van der Waals surface area contributed by atoms with Gasteiger partial charge in [0.05, 0.1) is 0 Å². The minimum absolute atomic E-state index is 0.106. The number of benzene rings is 2. The highest BCUT2D eigenvalue weighted by molar-refractivity contribution is 5.92. The van der Waals surface area contributed by atoms with Crippen molar-refractivity contribution in [3.8, 4) is 0 Å². The lowest BCUT2D eigenvalue weighted by molar-refractivity contribution is -0.116. The van der Waals surface area contributed by atoms with Crippen molar-refractivity contribution < 1.29 is 9.18 Å². The Labute approximate surface area is 128 Å². The zero-order valence-corrected chi connectivity index (χ0v) is 12.6. The van der Waals surface area contributed by atoms with Crippen molar-refractivity contribution in [1.29, 1.82) is 0 Å². The minimum Gasteiger partial charge on any atom is -0.338 e. The van der Waals surface area contributed by atoms with Crippen molar-refractivity contribution >= 4 is 22.5 Å². The van der Waals surface area contributed by atoms with Gasteiger partial charge < -0.3 is 9.88 Å². The Hall–Kier alpha value is -2.62. The molecule has 0 aliphatic heterocycles. The maximum absolute atomic E-state index is 13.2. The molecular weight excluding hydrogens is 279 g/mol. The first kappa shape index (κ1) is 14.3. The van der Waals surface area contributed by atoms with E-state index < -0.39 is 0 Å². The summed E-state index contributed by atoms with van der Waals surface area (Å²) in [6, 6.07) is 12.2. The number of hydrogen-bond acceptors (Lipinski definition) is 1. The summed E-state index contributed by atoms with van der Waals surface area (Å²) in [7, 11) is 0. The predicted octanol–water partition coefficient (Wildman–Crippen LogP) is 4.04. The van der Waals surface area contributed by atoms with E-state index in [-0.39, 0.29) is 18.3 Å². The third-order valence-electron chi connectivity index (χ3n) is 3.84. The van der Waals surface area contributed by atoms with Gasteiger partial charge in [-0.2, -0.15) is 0 Å². The Morgan fingerprint density at radius 1 is 1.09 bits per heavy atom. The summed E-state index contributed by atoms with van der Waals surface area (Å²) >= 11 is 0. The van der Waals surface area contributed by atoms with E-state index in [1.807, 2.05) is 42.7 Å². The van der Waals surface area contributed by atoms with Crippen molar-refractivity contribution in [2.24, 2.45) is 0 Å². The maximum atomic E-state index is 13.2. The van der Waals surface area contributed by atoms with Crippen molar-refractivity contribution in [3.63, 3.8) is 0 Å². The molecule has 0 saturated heterocycles. The molecule has 1 heterocycles. The standard InChI is InChI=1S/C18H17FN2O/c1-12-3-5-16(9-13(12)2)20-18(22)11-21-8-7-14-10-15(19)4-6-17(14)21/h3-10H,11H2,1-2H3,(H,20,22). The number of nitrogens with one attached hydrogen (secondary N) is 1. The topological polar surface area (TPSA) is 34.0 Å². The molecule has 0 aliphatic rings. The van der Waals surface area contributed by atoms with Gasteiger partial charge in [0.1, 0.15) is 12.4 Å². The summed E-state index contributed by atoms with van der Waals surface area (Å²) < 4.78 is 15.0. The number of hydrogen-bond donors (Lipinski definition) is 1. The van der Waals surface area contributed by atoms with E-state index >= 15 is 0 Å². The number of amides is 1. The molecule has 0 bridgehead atoms. The molecule has 22 heavy (non-hydrogen) atoms. The van der Waals surface area contributed by atoms with Crippen LogP contribution in [0.5, 0.6) is 0 Å². The summed E-state index contributed by atoms with van der Waals surface area (Å²) in [4.78, 5) is 12.2. The molecule has 0 fully saturated rings. The van der Waals surface area contributed by atoms with Crippen LogP contribution >= 0.6 is 0 Å². The second-order valence-electron chi connectivity index (χ2n) is 5.49. The van der Waals surface area contributed by atoms with Crippen LogP contribution < -0.4 is 5.32 Å². The van der Waals surface area contributed by atoms with Crippen LogP contribution in [0, 0.1) is 19.7 Å². The Balaban J connectivity index is 1.76. The van der Waals surface area contributed by atoms with Gasteiger partial charge >= 0.3 is 0 Å². The number of anilines is 1. The monoisotopic (exact) mass is 296 g/mol. The summed E-state index contributed by atoms with van der Waals surface area (Å²) in [5.41, 5.74) is 3.96. The number of aromatic nitrogens is 1. The lowest BCUT2D eigenvalue weighted by Crippen LogP contribution is -2.18. The van der Waals surface area contributed by atoms with E-state index in [2.05, 4.69) is 5.32 Å². The number of halogens is 1. The number of carbonyl (C=O) groups excluding carboxylic acids is 1. The predicted molar refractivity (Wildman–Crippen MR) is 86.4 cm³/mol. The average molecular weight is 296 g/mol. The van der Waals surface area contributed by atoms with E-state index in [1.165, 1.54) is 17.7 Å². The van der Waals surface area contributed by atoms with E-state index in [9.17, 15) is 9.18 Å². The number of fused-ring (bicyclic) bond motifs is 1. The molecule has 3 nitrogen and oxygen atoms in total. The summed E-state index contributed by atoms with van der Waals surface area (Å²) in [5, 5.41) is 3.68. The number of carbonyl (C=O) groups is 1. The van der Waals surface area contributed by atoms with Gasteiger partial charge in [-0.15, -0.1) is 0 Å². The maximum Gasteiger partial charge on any atom is 0.244 e. The zero-order valence-electron chi connectivity index (χ0n) is 12.6. The van der Waals surface area contributed by atoms with Crippen molar-refractivity contribution in [2.75, 3.05) is 5.32 Å². The molecule has 0 atom stereocenters. The molecule has 0 unspecified atom stereocenters. The average Bonchev–Trinajstić information content (AvgIpc) is 2.85. The van der Waals surface area contributed by atoms with Gasteiger partial charge in [-0.05, 0) is 61.4 Å². The van der Waals surface area contributed by atoms with Crippen LogP contribution in [0.25, 0.3) is 10.9 Å². The molecular formula is C18H17FN2O. The SMILES string of the molecule is Cc1ccc(NC(=O)Cn2ccc3cc(F)ccc32)cc1C. The lowest BCUT2D eigenvalue weighted by atomic mass is 10.1. The molecule has 0 aliphatic carbocycles. The Morgan fingerprint density at radius 3 is 2.68 bits per heavy atom. The van der Waals surface area contributed by atoms with E-state index in [1.54, 1.807) is 12.3 Å². The van der Waals surface area contributed by atoms with Crippen molar-refractivity contribution in [1.82, 2.24) is 4.57 Å². The van der Waals surface area contributed by atoms with Gasteiger partial charge in [-0.1, -0.05) is 6.07 Å². The number of aryl methyl sites for hydroxylation is 2. The van der Waals surface area contributed by atoms with Crippen LogP contribution in [0.2, 0.25) is 0 Å². The second-order valence-corrected chi connectivity index (χ2v) is 5.49. The summed E-state index contributed by atoms with van der Waals surface area (Å²) in [6.07, 6.45) is 1.80. The van der Waals surface area contributed by atoms with E-state index in [4.69, 9.17) is 0 Å². The van der Waals surface area contributed by atoms with E-state index in [0.29, 0.717) is 0 Å². The number of rotatable bonds is 3. The highest BCUT2D eigenvalue weighted by Crippen LogP contribution is 2.18. The molecule has 1 N–H and O–H groups in total. The van der Waals surface area contributed by atoms with Crippen LogP contribution in [0.4, 0.5) is 10.1 Å². The first-order valence-electron chi connectivity index (χ1n) is 7.14.